The van der Waals surface area contributed by atoms with Crippen LogP contribution in [0.3, 0.4) is 0 Å². The molecule has 0 unspecified atom stereocenters. The van der Waals surface area contributed by atoms with Crippen LogP contribution in [0.4, 0.5) is 5.69 Å². The number of carboxylic acids is 1. The normalized spacial score (nSPS) is 10.2. The average molecular weight is 238 g/mol. The molecule has 0 aliphatic carbocycles. The van der Waals surface area contributed by atoms with Crippen LogP contribution in [0.2, 0.25) is 0 Å². The smallest absolute Gasteiger partial charge is 0.304 e. The van der Waals surface area contributed by atoms with Gasteiger partial charge in [0.25, 0.3) is 5.69 Å². The molecule has 1 aromatic rings. The average Bonchev–Trinajstić information content (AvgIpc) is 2.25. The number of hydrogen-bond acceptors (Lipinski definition) is 4. The summed E-state index contributed by atoms with van der Waals surface area (Å²) in [5, 5.41) is 22.1. The van der Waals surface area contributed by atoms with Crippen molar-refractivity contribution in [3.05, 3.63) is 39.4 Å². The summed E-state index contributed by atoms with van der Waals surface area (Å²) in [7, 11) is 0. The van der Waals surface area contributed by atoms with Crippen molar-refractivity contribution >= 4 is 11.7 Å². The lowest BCUT2D eigenvalue weighted by Gasteiger charge is -2.07. The molecular formula is C11H14N2O4. The highest BCUT2D eigenvalue weighted by atomic mass is 16.6. The lowest BCUT2D eigenvalue weighted by atomic mass is 10.1. The van der Waals surface area contributed by atoms with Gasteiger partial charge in [-0.15, -0.1) is 0 Å². The van der Waals surface area contributed by atoms with E-state index < -0.39 is 10.9 Å². The van der Waals surface area contributed by atoms with Gasteiger partial charge in [-0.1, -0.05) is 12.1 Å². The zero-order chi connectivity index (χ0) is 12.8. The second-order valence-corrected chi connectivity index (χ2v) is 3.64. The monoisotopic (exact) mass is 238 g/mol. The van der Waals surface area contributed by atoms with Gasteiger partial charge in [-0.2, -0.15) is 0 Å². The quantitative estimate of drug-likeness (QED) is 0.444. The fourth-order valence-electron chi connectivity index (χ4n) is 1.48. The Hall–Kier alpha value is -1.95. The number of nitro benzene ring substituents is 1. The molecule has 6 heteroatoms. The Labute approximate surface area is 98.4 Å². The number of benzene rings is 1. The van der Waals surface area contributed by atoms with Crippen LogP contribution in [-0.2, 0) is 11.3 Å². The van der Waals surface area contributed by atoms with Crippen LogP contribution in [-0.4, -0.2) is 22.5 Å². The van der Waals surface area contributed by atoms with Crippen LogP contribution in [0, 0.1) is 17.0 Å². The highest BCUT2D eigenvalue weighted by Crippen LogP contribution is 2.20. The van der Waals surface area contributed by atoms with E-state index in [4.69, 9.17) is 5.11 Å². The van der Waals surface area contributed by atoms with E-state index in [1.165, 1.54) is 6.07 Å². The van der Waals surface area contributed by atoms with Crippen molar-refractivity contribution < 1.29 is 14.8 Å². The molecule has 0 bridgehead atoms. The summed E-state index contributed by atoms with van der Waals surface area (Å²) in [6.07, 6.45) is 0.0357. The number of nitrogens with one attached hydrogen (secondary N) is 1. The van der Waals surface area contributed by atoms with Gasteiger partial charge >= 0.3 is 5.97 Å². The lowest BCUT2D eigenvalue weighted by Crippen LogP contribution is -2.18. The number of nitro groups is 1. The van der Waals surface area contributed by atoms with E-state index >= 15 is 0 Å². The minimum atomic E-state index is -0.867. The van der Waals surface area contributed by atoms with E-state index in [2.05, 4.69) is 5.32 Å². The van der Waals surface area contributed by atoms with E-state index in [0.717, 1.165) is 5.56 Å². The van der Waals surface area contributed by atoms with Gasteiger partial charge in [-0.25, -0.2) is 0 Å². The molecule has 0 aliphatic rings. The second kappa shape index (κ2) is 5.95. The van der Waals surface area contributed by atoms with Crippen LogP contribution >= 0.6 is 0 Å². The topological polar surface area (TPSA) is 92.5 Å². The third-order valence-electron chi connectivity index (χ3n) is 2.45. The van der Waals surface area contributed by atoms with Crippen LogP contribution < -0.4 is 5.32 Å². The van der Waals surface area contributed by atoms with Crippen molar-refractivity contribution in [1.82, 2.24) is 5.32 Å². The van der Waals surface area contributed by atoms with E-state index in [1.807, 2.05) is 0 Å². The van der Waals surface area contributed by atoms with Gasteiger partial charge in [0, 0.05) is 24.7 Å². The zero-order valence-corrected chi connectivity index (χ0v) is 9.47. The summed E-state index contributed by atoms with van der Waals surface area (Å²) in [6.45, 7) is 2.46. The van der Waals surface area contributed by atoms with Crippen LogP contribution in [0.15, 0.2) is 18.2 Å². The molecular weight excluding hydrogens is 224 g/mol. The first kappa shape index (κ1) is 13.1. The largest absolute Gasteiger partial charge is 0.481 e. The molecule has 0 aliphatic heterocycles. The molecule has 0 heterocycles. The Kier molecular flexibility index (Phi) is 4.59. The molecule has 2 N–H and O–H groups in total. The third-order valence-corrected chi connectivity index (χ3v) is 2.45. The second-order valence-electron chi connectivity index (χ2n) is 3.64. The molecule has 92 valence electrons. The fraction of sp³-hybridized carbons (Fsp3) is 0.364. The molecule has 0 saturated heterocycles. The van der Waals surface area contributed by atoms with E-state index in [1.54, 1.807) is 19.1 Å². The highest BCUT2D eigenvalue weighted by molar-refractivity contribution is 5.66. The number of aliphatic carboxylic acids is 1. The standard InChI is InChI=1S/C11H14N2O4/c1-8-9(7-12-6-5-11(14)15)3-2-4-10(8)13(16)17/h2-4,12H,5-7H2,1H3,(H,14,15). The Morgan fingerprint density at radius 3 is 2.82 bits per heavy atom. The highest BCUT2D eigenvalue weighted by Gasteiger charge is 2.12. The predicted octanol–water partition coefficient (Wildman–Crippen LogP) is 1.47. The van der Waals surface area contributed by atoms with Crippen LogP contribution in [0.5, 0.6) is 0 Å². The molecule has 0 saturated carbocycles. The maximum Gasteiger partial charge on any atom is 0.304 e. The Bertz CT molecular complexity index is 431. The maximum absolute atomic E-state index is 10.7. The Morgan fingerprint density at radius 1 is 1.53 bits per heavy atom. The number of carbonyl (C=O) groups is 1. The fourth-order valence-corrected chi connectivity index (χ4v) is 1.48. The Morgan fingerprint density at radius 2 is 2.24 bits per heavy atom. The Balaban J connectivity index is 2.62. The van der Waals surface area contributed by atoms with Gasteiger partial charge in [-0.05, 0) is 12.5 Å². The van der Waals surface area contributed by atoms with Crippen molar-refractivity contribution in [2.45, 2.75) is 19.9 Å². The number of hydrogen-bond donors (Lipinski definition) is 2. The molecule has 17 heavy (non-hydrogen) atoms. The van der Waals surface area contributed by atoms with Crippen molar-refractivity contribution in [2.75, 3.05) is 6.54 Å². The summed E-state index contributed by atoms with van der Waals surface area (Å²) in [4.78, 5) is 20.6. The summed E-state index contributed by atoms with van der Waals surface area (Å²) in [5.41, 5.74) is 1.51. The van der Waals surface area contributed by atoms with Gasteiger partial charge in [0.1, 0.15) is 0 Å². The van der Waals surface area contributed by atoms with E-state index in [9.17, 15) is 14.9 Å². The molecule has 0 atom stereocenters. The molecule has 6 nitrogen and oxygen atoms in total. The van der Waals surface area contributed by atoms with Crippen molar-refractivity contribution in [1.29, 1.82) is 0 Å². The molecule has 1 aromatic carbocycles. The zero-order valence-electron chi connectivity index (χ0n) is 9.47. The first-order chi connectivity index (χ1) is 8.02. The van der Waals surface area contributed by atoms with Gasteiger partial charge in [0.2, 0.25) is 0 Å². The molecule has 0 fully saturated rings. The minimum absolute atomic E-state index is 0.0357. The number of rotatable bonds is 6. The summed E-state index contributed by atoms with van der Waals surface area (Å²) < 4.78 is 0. The third kappa shape index (κ3) is 3.84. The van der Waals surface area contributed by atoms with Gasteiger partial charge in [0.15, 0.2) is 0 Å². The van der Waals surface area contributed by atoms with Crippen LogP contribution in [0.25, 0.3) is 0 Å². The maximum atomic E-state index is 10.7. The van der Waals surface area contributed by atoms with Crippen molar-refractivity contribution in [3.63, 3.8) is 0 Å². The van der Waals surface area contributed by atoms with Gasteiger partial charge < -0.3 is 10.4 Å². The SMILES string of the molecule is Cc1c(CNCCC(=O)O)cccc1[N+](=O)[O-]. The molecule has 0 aromatic heterocycles. The molecule has 1 rings (SSSR count). The van der Waals surface area contributed by atoms with Crippen molar-refractivity contribution in [2.24, 2.45) is 0 Å². The molecule has 0 radical (unpaired) electrons. The summed E-state index contributed by atoms with van der Waals surface area (Å²) >= 11 is 0. The summed E-state index contributed by atoms with van der Waals surface area (Å²) in [5.74, 6) is -0.867. The number of carboxylic acid groups (broad SMARTS) is 1. The first-order valence-electron chi connectivity index (χ1n) is 5.17. The van der Waals surface area contributed by atoms with E-state index in [-0.39, 0.29) is 12.1 Å². The molecule has 0 spiro atoms. The lowest BCUT2D eigenvalue weighted by molar-refractivity contribution is -0.385. The minimum Gasteiger partial charge on any atom is -0.481 e. The predicted molar refractivity (Wildman–Crippen MR) is 61.8 cm³/mol. The van der Waals surface area contributed by atoms with Crippen LogP contribution in [0.1, 0.15) is 17.5 Å². The molecule has 0 amide bonds. The van der Waals surface area contributed by atoms with Gasteiger partial charge in [-0.3, -0.25) is 14.9 Å². The van der Waals surface area contributed by atoms with Gasteiger partial charge in [0.05, 0.1) is 11.3 Å². The van der Waals surface area contributed by atoms with Crippen molar-refractivity contribution in [3.8, 4) is 0 Å². The van der Waals surface area contributed by atoms with E-state index in [0.29, 0.717) is 18.7 Å². The summed E-state index contributed by atoms with van der Waals surface area (Å²) in [6, 6.07) is 4.87. The number of nitrogens with zero attached hydrogens (tertiary/aromatic N) is 1. The first-order valence-corrected chi connectivity index (χ1v) is 5.17.